The van der Waals surface area contributed by atoms with Crippen LogP contribution in [0.3, 0.4) is 0 Å². The number of carbonyl (C=O) groups excluding carboxylic acids is 1. The quantitative estimate of drug-likeness (QED) is 0.852. The topological polar surface area (TPSA) is 58.6 Å². The lowest BCUT2D eigenvalue weighted by Crippen LogP contribution is -2.23. The molecule has 2 aromatic rings. The molecule has 4 nitrogen and oxygen atoms in total. The molecule has 0 fully saturated rings. The van der Waals surface area contributed by atoms with Gasteiger partial charge in [-0.25, -0.2) is 0 Å². The second-order valence-electron chi connectivity index (χ2n) is 5.47. The average molecular weight is 299 g/mol. The first kappa shape index (κ1) is 16.0. The molecule has 2 N–H and O–H groups in total. The van der Waals surface area contributed by atoms with E-state index >= 15 is 0 Å². The molecule has 0 heterocycles. The molecular weight excluding hydrogens is 278 g/mol. The molecule has 1 unspecified atom stereocenters. The van der Waals surface area contributed by atoms with Crippen molar-refractivity contribution in [2.75, 3.05) is 5.32 Å². The number of hydrogen-bond acceptors (Lipinski definition) is 3. The zero-order valence-electron chi connectivity index (χ0n) is 12.8. The number of rotatable bonds is 6. The van der Waals surface area contributed by atoms with Crippen LogP contribution in [0.2, 0.25) is 0 Å². The molecule has 0 aliphatic carbocycles. The van der Waals surface area contributed by atoms with Crippen molar-refractivity contribution < 1.29 is 14.6 Å². The van der Waals surface area contributed by atoms with Gasteiger partial charge in [-0.15, -0.1) is 0 Å². The van der Waals surface area contributed by atoms with Crippen molar-refractivity contribution in [1.82, 2.24) is 0 Å². The van der Waals surface area contributed by atoms with Crippen LogP contribution in [-0.2, 0) is 4.79 Å². The highest BCUT2D eigenvalue weighted by Gasteiger charge is 2.15. The monoisotopic (exact) mass is 299 g/mol. The van der Waals surface area contributed by atoms with E-state index < -0.39 is 6.10 Å². The summed E-state index contributed by atoms with van der Waals surface area (Å²) >= 11 is 0. The third-order valence-electron chi connectivity index (χ3n) is 3.30. The van der Waals surface area contributed by atoms with Gasteiger partial charge in [0.2, 0.25) is 5.91 Å². The highest BCUT2D eigenvalue weighted by atomic mass is 16.5. The Labute approximate surface area is 130 Å². The number of benzene rings is 2. The number of nitrogens with one attached hydrogen (secondary N) is 1. The van der Waals surface area contributed by atoms with Gasteiger partial charge in [-0.05, 0) is 30.2 Å². The maximum absolute atomic E-state index is 12.0. The molecule has 2 aromatic carbocycles. The molecule has 1 amide bonds. The van der Waals surface area contributed by atoms with Crippen molar-refractivity contribution in [2.24, 2.45) is 5.92 Å². The van der Waals surface area contributed by atoms with Crippen LogP contribution >= 0.6 is 0 Å². The fourth-order valence-corrected chi connectivity index (χ4v) is 1.90. The number of aliphatic hydroxyl groups excluding tert-OH is 1. The first-order chi connectivity index (χ1) is 10.6. The number of aliphatic hydroxyl groups is 1. The number of carbonyl (C=O) groups is 1. The van der Waals surface area contributed by atoms with Crippen molar-refractivity contribution in [2.45, 2.75) is 26.4 Å². The van der Waals surface area contributed by atoms with Crippen LogP contribution in [-0.4, -0.2) is 17.1 Å². The second-order valence-corrected chi connectivity index (χ2v) is 5.47. The van der Waals surface area contributed by atoms with Crippen LogP contribution in [0.15, 0.2) is 54.6 Å². The van der Waals surface area contributed by atoms with Crippen LogP contribution in [0.5, 0.6) is 11.5 Å². The van der Waals surface area contributed by atoms with Crippen molar-refractivity contribution in [3.05, 3.63) is 54.6 Å². The highest BCUT2D eigenvalue weighted by Crippen LogP contribution is 2.29. The molecule has 0 saturated carbocycles. The molecule has 0 saturated heterocycles. The van der Waals surface area contributed by atoms with Gasteiger partial charge in [0.25, 0.3) is 0 Å². The van der Waals surface area contributed by atoms with Gasteiger partial charge < -0.3 is 15.2 Å². The van der Waals surface area contributed by atoms with Gasteiger partial charge in [-0.2, -0.15) is 0 Å². The van der Waals surface area contributed by atoms with E-state index in [0.29, 0.717) is 17.2 Å². The molecule has 1 atom stereocenters. The van der Waals surface area contributed by atoms with Gasteiger partial charge >= 0.3 is 0 Å². The molecule has 2 rings (SSSR count). The van der Waals surface area contributed by atoms with E-state index in [1.165, 1.54) is 0 Å². The second kappa shape index (κ2) is 7.61. The van der Waals surface area contributed by atoms with Crippen LogP contribution in [0, 0.1) is 5.92 Å². The summed E-state index contributed by atoms with van der Waals surface area (Å²) in [6.45, 7) is 3.76. The predicted molar refractivity (Wildman–Crippen MR) is 87.0 cm³/mol. The van der Waals surface area contributed by atoms with Gasteiger partial charge in [-0.3, -0.25) is 4.79 Å². The molecule has 0 spiro atoms. The molecule has 0 aliphatic rings. The minimum atomic E-state index is -0.651. The lowest BCUT2D eigenvalue weighted by Gasteiger charge is -2.15. The Morgan fingerprint density at radius 1 is 1.09 bits per heavy atom. The number of amides is 1. The average Bonchev–Trinajstić information content (AvgIpc) is 2.50. The van der Waals surface area contributed by atoms with Crippen molar-refractivity contribution in [3.8, 4) is 11.5 Å². The summed E-state index contributed by atoms with van der Waals surface area (Å²) in [5.41, 5.74) is 0.590. The highest BCUT2D eigenvalue weighted by molar-refractivity contribution is 5.92. The van der Waals surface area contributed by atoms with Gasteiger partial charge in [0, 0.05) is 0 Å². The maximum Gasteiger partial charge on any atom is 0.227 e. The zero-order chi connectivity index (χ0) is 15.9. The standard InChI is InChI=1S/C18H21NO3/c1-13(2)16(20)12-18(21)19-15-10-6-7-11-17(15)22-14-8-4-3-5-9-14/h3-11,13,16,20H,12H2,1-2H3,(H,19,21). The van der Waals surface area contributed by atoms with Crippen molar-refractivity contribution in [1.29, 1.82) is 0 Å². The third-order valence-corrected chi connectivity index (χ3v) is 3.30. The molecule has 4 heteroatoms. The number of para-hydroxylation sites is 3. The van der Waals surface area contributed by atoms with Gasteiger partial charge in [0.15, 0.2) is 5.75 Å². The summed E-state index contributed by atoms with van der Waals surface area (Å²) in [5, 5.41) is 12.6. The fraction of sp³-hybridized carbons (Fsp3) is 0.278. The summed E-state index contributed by atoms with van der Waals surface area (Å²) in [5.74, 6) is 1.08. The Hall–Kier alpha value is -2.33. The minimum Gasteiger partial charge on any atom is -0.455 e. The van der Waals surface area contributed by atoms with E-state index in [1.54, 1.807) is 12.1 Å². The first-order valence-corrected chi connectivity index (χ1v) is 7.36. The van der Waals surface area contributed by atoms with E-state index in [9.17, 15) is 9.90 Å². The van der Waals surface area contributed by atoms with Crippen LogP contribution < -0.4 is 10.1 Å². The predicted octanol–water partition coefficient (Wildman–Crippen LogP) is 3.82. The van der Waals surface area contributed by atoms with E-state index in [0.717, 1.165) is 0 Å². The van der Waals surface area contributed by atoms with E-state index in [2.05, 4.69) is 5.32 Å². The summed E-state index contributed by atoms with van der Waals surface area (Å²) in [7, 11) is 0. The van der Waals surface area contributed by atoms with Gasteiger partial charge in [0.1, 0.15) is 5.75 Å². The summed E-state index contributed by atoms with van der Waals surface area (Å²) in [6, 6.07) is 16.6. The summed E-state index contributed by atoms with van der Waals surface area (Å²) in [4.78, 5) is 12.0. The van der Waals surface area contributed by atoms with Gasteiger partial charge in [-0.1, -0.05) is 44.2 Å². The molecule has 0 radical (unpaired) electrons. The molecule has 0 bridgehead atoms. The van der Waals surface area contributed by atoms with E-state index in [1.807, 2.05) is 56.3 Å². The molecular formula is C18H21NO3. The van der Waals surface area contributed by atoms with E-state index in [-0.39, 0.29) is 18.2 Å². The summed E-state index contributed by atoms with van der Waals surface area (Å²) < 4.78 is 5.79. The lowest BCUT2D eigenvalue weighted by molar-refractivity contribution is -0.118. The Bertz CT molecular complexity index is 611. The number of ether oxygens (including phenoxy) is 1. The lowest BCUT2D eigenvalue weighted by atomic mass is 10.0. The molecule has 22 heavy (non-hydrogen) atoms. The number of hydrogen-bond donors (Lipinski definition) is 2. The van der Waals surface area contributed by atoms with Crippen molar-refractivity contribution in [3.63, 3.8) is 0 Å². The van der Waals surface area contributed by atoms with Crippen molar-refractivity contribution >= 4 is 11.6 Å². The number of anilines is 1. The Balaban J connectivity index is 2.07. The Morgan fingerprint density at radius 3 is 2.41 bits per heavy atom. The Morgan fingerprint density at radius 2 is 1.73 bits per heavy atom. The van der Waals surface area contributed by atoms with Crippen LogP contribution in [0.4, 0.5) is 5.69 Å². The fourth-order valence-electron chi connectivity index (χ4n) is 1.90. The maximum atomic E-state index is 12.0. The molecule has 0 aliphatic heterocycles. The molecule has 116 valence electrons. The molecule has 0 aromatic heterocycles. The Kier molecular flexibility index (Phi) is 5.55. The minimum absolute atomic E-state index is 0.0431. The normalized spacial score (nSPS) is 12.0. The largest absolute Gasteiger partial charge is 0.455 e. The SMILES string of the molecule is CC(C)C(O)CC(=O)Nc1ccccc1Oc1ccccc1. The third kappa shape index (κ3) is 4.60. The van der Waals surface area contributed by atoms with Gasteiger partial charge in [0.05, 0.1) is 18.2 Å². The van der Waals surface area contributed by atoms with E-state index in [4.69, 9.17) is 4.74 Å². The zero-order valence-corrected chi connectivity index (χ0v) is 12.8. The summed E-state index contributed by atoms with van der Waals surface area (Å²) in [6.07, 6.45) is -0.584. The van der Waals surface area contributed by atoms with Crippen LogP contribution in [0.1, 0.15) is 20.3 Å². The van der Waals surface area contributed by atoms with Crippen LogP contribution in [0.25, 0.3) is 0 Å². The first-order valence-electron chi connectivity index (χ1n) is 7.36. The smallest absolute Gasteiger partial charge is 0.227 e.